The predicted octanol–water partition coefficient (Wildman–Crippen LogP) is -0.535. The second-order valence-electron chi connectivity index (χ2n) is 3.20. The Morgan fingerprint density at radius 3 is 2.50 bits per heavy atom. The molecule has 5 nitrogen and oxygen atoms in total. The summed E-state index contributed by atoms with van der Waals surface area (Å²) < 4.78 is 32.7. The molecule has 2 atom stereocenters. The number of halogens is 1. The molecule has 0 rings (SSSR count). The van der Waals surface area contributed by atoms with Gasteiger partial charge in [-0.3, -0.25) is 0 Å². The first-order chi connectivity index (χ1) is 7.58. The van der Waals surface area contributed by atoms with Crippen LogP contribution in [0.5, 0.6) is 0 Å². The van der Waals surface area contributed by atoms with E-state index in [9.17, 15) is 4.39 Å². The summed E-state index contributed by atoms with van der Waals surface area (Å²) in [5.41, 5.74) is 0. The molecule has 0 spiro atoms. The van der Waals surface area contributed by atoms with E-state index in [0.29, 0.717) is 13.2 Å². The summed E-state index contributed by atoms with van der Waals surface area (Å²) in [6.07, 6.45) is 0. The van der Waals surface area contributed by atoms with Crippen LogP contribution < -0.4 is 0 Å². The first-order valence-corrected chi connectivity index (χ1v) is 4.86. The number of methoxy groups -OCH3 is 2. The number of hydrogen-bond acceptors (Lipinski definition) is 5. The summed E-state index contributed by atoms with van der Waals surface area (Å²) in [5.74, 6) is -2.29. The number of aliphatic hydroxyl groups excluding tert-OH is 1. The third kappa shape index (κ3) is 7.13. The van der Waals surface area contributed by atoms with Crippen LogP contribution in [0.2, 0.25) is 0 Å². The van der Waals surface area contributed by atoms with Gasteiger partial charge in [-0.25, -0.2) is 4.39 Å². The van der Waals surface area contributed by atoms with Crippen LogP contribution in [0, 0.1) is 0 Å². The number of ether oxygens (including phenoxy) is 4. The lowest BCUT2D eigenvalue weighted by Crippen LogP contribution is -2.41. The minimum Gasteiger partial charge on any atom is -0.390 e. The minimum absolute atomic E-state index is 0.0126. The molecule has 2 radical (unpaired) electrons. The maximum Gasteiger partial charge on any atom is 0.255 e. The van der Waals surface area contributed by atoms with Gasteiger partial charge in [0.1, 0.15) is 21.1 Å². The predicted molar refractivity (Wildman–Crippen MR) is 56.1 cm³/mol. The number of rotatable bonds is 10. The van der Waals surface area contributed by atoms with Crippen molar-refractivity contribution in [2.24, 2.45) is 0 Å². The van der Waals surface area contributed by atoms with Crippen molar-refractivity contribution in [1.29, 1.82) is 0 Å². The van der Waals surface area contributed by atoms with Gasteiger partial charge in [-0.2, -0.15) is 0 Å². The molecule has 0 fully saturated rings. The van der Waals surface area contributed by atoms with Gasteiger partial charge in [0.05, 0.1) is 19.8 Å². The molecule has 0 aromatic heterocycles. The topological polar surface area (TPSA) is 57.2 Å². The third-order valence-electron chi connectivity index (χ3n) is 1.67. The highest BCUT2D eigenvalue weighted by atomic mass is 19.2. The van der Waals surface area contributed by atoms with E-state index >= 15 is 0 Å². The summed E-state index contributed by atoms with van der Waals surface area (Å²) in [5, 5.41) is 8.78. The zero-order chi connectivity index (χ0) is 12.4. The third-order valence-corrected chi connectivity index (χ3v) is 1.67. The molecule has 0 aliphatic rings. The van der Waals surface area contributed by atoms with Gasteiger partial charge in [0.2, 0.25) is 0 Å². The molecular weight excluding hydrogens is 218 g/mol. The van der Waals surface area contributed by atoms with E-state index in [2.05, 4.69) is 4.74 Å². The Kier molecular flexibility index (Phi) is 8.78. The summed E-state index contributed by atoms with van der Waals surface area (Å²) in [6.45, 7) is -0.442. The van der Waals surface area contributed by atoms with E-state index in [0.717, 1.165) is 0 Å². The van der Waals surface area contributed by atoms with Crippen molar-refractivity contribution < 1.29 is 28.4 Å². The van der Waals surface area contributed by atoms with Crippen molar-refractivity contribution in [3.8, 4) is 0 Å². The van der Waals surface area contributed by atoms with E-state index in [4.69, 9.17) is 27.2 Å². The lowest BCUT2D eigenvalue weighted by Gasteiger charge is -2.26. The van der Waals surface area contributed by atoms with Crippen LogP contribution in [0.25, 0.3) is 0 Å². The van der Waals surface area contributed by atoms with E-state index in [1.807, 2.05) is 0 Å². The largest absolute Gasteiger partial charge is 0.390 e. The lowest BCUT2D eigenvalue weighted by molar-refractivity contribution is -0.214. The lowest BCUT2D eigenvalue weighted by atomic mass is 10.0. The van der Waals surface area contributed by atoms with Gasteiger partial charge in [0, 0.05) is 20.2 Å². The zero-order valence-corrected chi connectivity index (χ0v) is 9.65. The van der Waals surface area contributed by atoms with Crippen LogP contribution in [0.1, 0.15) is 0 Å². The maximum atomic E-state index is 13.6. The summed E-state index contributed by atoms with van der Waals surface area (Å²) in [7, 11) is 8.29. The fourth-order valence-electron chi connectivity index (χ4n) is 0.980. The quantitative estimate of drug-likeness (QED) is 0.408. The summed E-state index contributed by atoms with van der Waals surface area (Å²) in [6, 6.07) is -0.968. The molecule has 0 aliphatic heterocycles. The monoisotopic (exact) mass is 236 g/mol. The second-order valence-corrected chi connectivity index (χ2v) is 3.20. The molecule has 7 heteroatoms. The Labute approximate surface area is 96.2 Å². The van der Waals surface area contributed by atoms with Gasteiger partial charge in [-0.05, 0) is 0 Å². The van der Waals surface area contributed by atoms with E-state index in [-0.39, 0.29) is 6.61 Å². The van der Waals surface area contributed by atoms with Gasteiger partial charge in [0.15, 0.2) is 0 Å². The minimum atomic E-state index is -2.29. The highest BCUT2D eigenvalue weighted by molar-refractivity contribution is 6.11. The van der Waals surface area contributed by atoms with Crippen LogP contribution >= 0.6 is 0 Å². The standard InChI is InChI=1S/C9H18BFO5/c1-13-3-4-15-5-8(10)16-9(11,6-12)7-14-2/h8,12H,3-7H2,1-2H3/t8?,9-/m0/s1. The summed E-state index contributed by atoms with van der Waals surface area (Å²) >= 11 is 0. The van der Waals surface area contributed by atoms with Crippen molar-refractivity contribution in [1.82, 2.24) is 0 Å². The molecule has 1 unspecified atom stereocenters. The molecule has 0 saturated heterocycles. The maximum absolute atomic E-state index is 13.6. The van der Waals surface area contributed by atoms with Gasteiger partial charge in [0.25, 0.3) is 5.85 Å². The smallest absolute Gasteiger partial charge is 0.255 e. The molecule has 16 heavy (non-hydrogen) atoms. The van der Waals surface area contributed by atoms with Crippen molar-refractivity contribution >= 4 is 7.85 Å². The van der Waals surface area contributed by atoms with Gasteiger partial charge < -0.3 is 24.1 Å². The molecule has 1 N–H and O–H groups in total. The molecule has 0 aromatic rings. The Morgan fingerprint density at radius 2 is 2.00 bits per heavy atom. The van der Waals surface area contributed by atoms with Crippen molar-refractivity contribution in [3.63, 3.8) is 0 Å². The average Bonchev–Trinajstić information content (AvgIpc) is 2.25. The number of alkyl halides is 1. The van der Waals surface area contributed by atoms with Crippen LogP contribution in [-0.4, -0.2) is 72.1 Å². The normalized spacial score (nSPS) is 17.0. The molecular formula is C9H18BFO5. The molecule has 94 valence electrons. The molecule has 0 bridgehead atoms. The Morgan fingerprint density at radius 1 is 1.31 bits per heavy atom. The Hall–Kier alpha value is -0.205. The van der Waals surface area contributed by atoms with E-state index in [1.54, 1.807) is 0 Å². The molecule has 0 amide bonds. The zero-order valence-electron chi connectivity index (χ0n) is 9.65. The highest BCUT2D eigenvalue weighted by Gasteiger charge is 2.31. The molecule has 0 aliphatic carbocycles. The van der Waals surface area contributed by atoms with Crippen molar-refractivity contribution in [3.05, 3.63) is 0 Å². The fraction of sp³-hybridized carbons (Fsp3) is 1.00. The molecule has 0 saturated carbocycles. The fourth-order valence-corrected chi connectivity index (χ4v) is 0.980. The van der Waals surface area contributed by atoms with Crippen LogP contribution in [0.15, 0.2) is 0 Å². The Bertz CT molecular complexity index is 174. The summed E-state index contributed by atoms with van der Waals surface area (Å²) in [4.78, 5) is 0. The average molecular weight is 236 g/mol. The van der Waals surface area contributed by atoms with Crippen LogP contribution in [0.4, 0.5) is 4.39 Å². The first kappa shape index (κ1) is 15.8. The van der Waals surface area contributed by atoms with Crippen molar-refractivity contribution in [2.75, 3.05) is 47.3 Å². The van der Waals surface area contributed by atoms with Crippen molar-refractivity contribution in [2.45, 2.75) is 11.9 Å². The van der Waals surface area contributed by atoms with Crippen LogP contribution in [0.3, 0.4) is 0 Å². The van der Waals surface area contributed by atoms with Gasteiger partial charge in [-0.1, -0.05) is 0 Å². The first-order valence-electron chi connectivity index (χ1n) is 4.86. The highest BCUT2D eigenvalue weighted by Crippen LogP contribution is 2.14. The van der Waals surface area contributed by atoms with E-state index in [1.165, 1.54) is 14.2 Å². The van der Waals surface area contributed by atoms with Crippen LogP contribution in [-0.2, 0) is 18.9 Å². The number of hydrogen-bond donors (Lipinski definition) is 1. The molecule has 0 aromatic carbocycles. The molecule has 0 heterocycles. The van der Waals surface area contributed by atoms with Gasteiger partial charge in [-0.15, -0.1) is 0 Å². The Balaban J connectivity index is 3.77. The van der Waals surface area contributed by atoms with Gasteiger partial charge >= 0.3 is 0 Å². The second kappa shape index (κ2) is 8.89. The van der Waals surface area contributed by atoms with E-state index < -0.39 is 25.1 Å². The number of aliphatic hydroxyl groups is 1. The SMILES string of the molecule is [B]C(COCCOC)O[C@@](F)(CO)COC.